The summed E-state index contributed by atoms with van der Waals surface area (Å²) in [6, 6.07) is 26.6. The fraction of sp³-hybridized carbons (Fsp3) is 0.0952. The van der Waals surface area contributed by atoms with Crippen LogP contribution in [0.2, 0.25) is 0 Å². The molecule has 0 aromatic heterocycles. The second-order valence-corrected chi connectivity index (χ2v) is 8.31. The number of fused-ring (bicyclic) bond motifs is 1. The van der Waals surface area contributed by atoms with E-state index in [1.807, 2.05) is 12.2 Å². The van der Waals surface area contributed by atoms with Crippen LogP contribution in [-0.2, 0) is 29.4 Å². The summed E-state index contributed by atoms with van der Waals surface area (Å²) in [4.78, 5) is 0. The largest absolute Gasteiger partial charge is 0.168 e. The molecule has 0 heterocycles. The van der Waals surface area contributed by atoms with E-state index >= 15 is 0 Å². The van der Waals surface area contributed by atoms with Gasteiger partial charge in [-0.15, -0.1) is 36.1 Å². The Balaban J connectivity index is 0.000000345. The number of halogens is 2. The van der Waals surface area contributed by atoms with Crippen molar-refractivity contribution in [2.75, 3.05) is 0 Å². The van der Waals surface area contributed by atoms with Crippen LogP contribution in [0.15, 0.2) is 91.0 Å². The summed E-state index contributed by atoms with van der Waals surface area (Å²) < 4.78 is 0. The minimum atomic E-state index is 0. The van der Waals surface area contributed by atoms with Crippen molar-refractivity contribution in [3.05, 3.63) is 103 Å². The Hall–Kier alpha value is -0.790. The third-order valence-electron chi connectivity index (χ3n) is 3.27. The molecular weight excluding hydrogens is 442 g/mol. The van der Waals surface area contributed by atoms with Gasteiger partial charge in [0.2, 0.25) is 0 Å². The van der Waals surface area contributed by atoms with E-state index in [9.17, 15) is 0 Å². The van der Waals surface area contributed by atoms with Gasteiger partial charge in [0.25, 0.3) is 0 Å². The first-order valence-corrected chi connectivity index (χ1v) is 12.6. The number of allylic oxidation sites excluding steroid dienone is 4. The van der Waals surface area contributed by atoms with Crippen molar-refractivity contribution in [1.82, 2.24) is 0 Å². The molecule has 0 aliphatic heterocycles. The first-order chi connectivity index (χ1) is 11.4. The molecule has 1 aliphatic rings. The summed E-state index contributed by atoms with van der Waals surface area (Å²) in [5.41, 5.74) is 1.48. The fourth-order valence-corrected chi connectivity index (χ4v) is 4.05. The zero-order valence-electron chi connectivity index (χ0n) is 13.8. The molecule has 0 saturated heterocycles. The van der Waals surface area contributed by atoms with Gasteiger partial charge in [-0.05, 0) is 0 Å². The van der Waals surface area contributed by atoms with Crippen LogP contribution in [-0.4, -0.2) is 6.16 Å². The first kappa shape index (κ1) is 24.2. The van der Waals surface area contributed by atoms with Gasteiger partial charge in [0.05, 0.1) is 0 Å². The fourth-order valence-electron chi connectivity index (χ4n) is 2.11. The molecule has 4 heteroatoms. The Bertz CT molecular complexity index is 723. The Morgan fingerprint density at radius 1 is 0.960 bits per heavy atom. The van der Waals surface area contributed by atoms with E-state index in [0.29, 0.717) is 0 Å². The quantitative estimate of drug-likeness (QED) is 0.347. The van der Waals surface area contributed by atoms with E-state index in [-0.39, 0.29) is 24.8 Å². The molecule has 0 N–H and O–H groups in total. The molecule has 3 aromatic rings. The molecule has 0 unspecified atom stereocenters. The smallest absolute Gasteiger partial charge is 0.0809 e. The number of rotatable bonds is 2. The maximum absolute atomic E-state index is 2.99. The van der Waals surface area contributed by atoms with Crippen molar-refractivity contribution in [3.63, 3.8) is 0 Å². The van der Waals surface area contributed by atoms with Gasteiger partial charge in [-0.3, -0.25) is 6.08 Å². The predicted molar refractivity (Wildman–Crippen MR) is 97.0 cm³/mol. The van der Waals surface area contributed by atoms with Crippen LogP contribution < -0.4 is 24.8 Å². The Kier molecular flexibility index (Phi) is 15.0. The minimum Gasteiger partial charge on any atom is -0.168 e. The molecular formula is C21H19Cl2SiZr-2. The van der Waals surface area contributed by atoms with Crippen molar-refractivity contribution in [3.8, 4) is 0 Å². The standard InChI is InChI=1S/C9H7.C7H7Si.C5H5.2ClH.Zr/c1-2-5-9-7-3-6-8(9)4-1;8-6-7-4-2-1-3-5-7;1-2-4-5-3-1;;;/h1-7H;1-5H,6H2;1-3H,4H2;2*1H;/q-1;;-1;;;+2/p-2. The molecule has 3 aromatic carbocycles. The van der Waals surface area contributed by atoms with Crippen molar-refractivity contribution < 1.29 is 48.1 Å². The molecule has 0 atom stereocenters. The van der Waals surface area contributed by atoms with Gasteiger partial charge in [0, 0.05) is 0 Å². The van der Waals surface area contributed by atoms with Crippen LogP contribution in [0.25, 0.3) is 10.8 Å². The van der Waals surface area contributed by atoms with Crippen LogP contribution >= 0.6 is 0 Å². The first-order valence-electron chi connectivity index (χ1n) is 7.66. The van der Waals surface area contributed by atoms with Crippen LogP contribution in [0.5, 0.6) is 0 Å². The van der Waals surface area contributed by atoms with E-state index in [2.05, 4.69) is 84.9 Å². The monoisotopic (exact) mass is 459 g/mol. The Morgan fingerprint density at radius 2 is 1.68 bits per heavy atom. The van der Waals surface area contributed by atoms with Crippen LogP contribution in [0.1, 0.15) is 12.0 Å². The van der Waals surface area contributed by atoms with Gasteiger partial charge >= 0.3 is 71.4 Å². The predicted octanol–water partition coefficient (Wildman–Crippen LogP) is -0.775. The average molecular weight is 462 g/mol. The summed E-state index contributed by atoms with van der Waals surface area (Å²) in [6.07, 6.45) is 11.1. The van der Waals surface area contributed by atoms with E-state index in [1.54, 1.807) is 23.3 Å². The van der Waals surface area contributed by atoms with Crippen LogP contribution in [0.3, 0.4) is 0 Å². The summed E-state index contributed by atoms with van der Waals surface area (Å²) in [7, 11) is 0. The summed E-state index contributed by atoms with van der Waals surface area (Å²) in [5.74, 6) is 0. The summed E-state index contributed by atoms with van der Waals surface area (Å²) in [5, 5.41) is 2.66. The molecule has 0 spiro atoms. The summed E-state index contributed by atoms with van der Waals surface area (Å²) in [6.45, 7) is 0. The topological polar surface area (TPSA) is 0 Å². The third kappa shape index (κ3) is 10.1. The number of hydrogen-bond donors (Lipinski definition) is 0. The van der Waals surface area contributed by atoms with E-state index in [4.69, 9.17) is 0 Å². The normalized spacial score (nSPS) is 10.5. The number of benzene rings is 2. The van der Waals surface area contributed by atoms with Crippen LogP contribution in [0, 0.1) is 6.08 Å². The average Bonchev–Trinajstić information content (AvgIpc) is 3.31. The van der Waals surface area contributed by atoms with Gasteiger partial charge in [-0.25, -0.2) is 12.2 Å². The van der Waals surface area contributed by atoms with Gasteiger partial charge < -0.3 is 24.8 Å². The van der Waals surface area contributed by atoms with Gasteiger partial charge in [0.15, 0.2) is 0 Å². The Labute approximate surface area is 179 Å². The van der Waals surface area contributed by atoms with Crippen LogP contribution in [0.4, 0.5) is 0 Å². The minimum absolute atomic E-state index is 0. The number of hydrogen-bond acceptors (Lipinski definition) is 0. The molecule has 0 amide bonds. The maximum atomic E-state index is 2.99. The van der Waals surface area contributed by atoms with Crippen molar-refractivity contribution in [2.45, 2.75) is 12.5 Å². The molecule has 1 radical (unpaired) electrons. The molecule has 0 saturated carbocycles. The van der Waals surface area contributed by atoms with Crippen molar-refractivity contribution in [1.29, 1.82) is 0 Å². The molecule has 0 fully saturated rings. The molecule has 0 nitrogen and oxygen atoms in total. The maximum Gasteiger partial charge on any atom is -0.0809 e. The zero-order valence-corrected chi connectivity index (χ0v) is 18.8. The van der Waals surface area contributed by atoms with Crippen molar-refractivity contribution >= 4 is 16.9 Å². The molecule has 0 bridgehead atoms. The molecule has 25 heavy (non-hydrogen) atoms. The molecule has 4 rings (SSSR count). The molecule has 1 aliphatic carbocycles. The van der Waals surface area contributed by atoms with E-state index in [0.717, 1.165) is 12.6 Å². The Morgan fingerprint density at radius 3 is 2.24 bits per heavy atom. The second-order valence-electron chi connectivity index (χ2n) is 5.00. The van der Waals surface area contributed by atoms with Gasteiger partial charge in [-0.2, -0.15) is 23.6 Å². The van der Waals surface area contributed by atoms with E-state index in [1.165, 1.54) is 22.4 Å². The second kappa shape index (κ2) is 15.5. The molecule has 127 valence electrons. The summed E-state index contributed by atoms with van der Waals surface area (Å²) >= 11 is 1.66. The van der Waals surface area contributed by atoms with Gasteiger partial charge in [-0.1, -0.05) is 6.07 Å². The third-order valence-corrected chi connectivity index (χ3v) is 5.16. The SMILES string of the molecule is [C-]1=CC=CC1.[Cl-].[Cl-].[Zr+2]=[Si]Cc1ccccc1.c1ccc2[cH-]ccc2c1. The zero-order chi connectivity index (χ0) is 16.2. The van der Waals surface area contributed by atoms with E-state index < -0.39 is 0 Å². The van der Waals surface area contributed by atoms with Gasteiger partial charge in [0.1, 0.15) is 0 Å². The van der Waals surface area contributed by atoms with Crippen molar-refractivity contribution in [2.24, 2.45) is 0 Å².